The highest BCUT2D eigenvalue weighted by Crippen LogP contribution is 2.47. The molecule has 1 heterocycles. The molecule has 3 aromatic rings. The van der Waals surface area contributed by atoms with Crippen LogP contribution in [0.4, 0.5) is 34.1 Å². The van der Waals surface area contributed by atoms with E-state index in [-0.39, 0.29) is 28.6 Å². The zero-order valence-electron chi connectivity index (χ0n) is 22.4. The maximum absolute atomic E-state index is 13.1. The van der Waals surface area contributed by atoms with Crippen molar-refractivity contribution < 1.29 is 14.6 Å². The molecule has 4 rings (SSSR count). The molecule has 0 aromatic heterocycles. The lowest BCUT2D eigenvalue weighted by molar-refractivity contribution is -0.393. The number of nitriles is 1. The highest BCUT2D eigenvalue weighted by atomic mass is 16.6. The summed E-state index contributed by atoms with van der Waals surface area (Å²) in [5, 5.41) is 43.7. The van der Waals surface area contributed by atoms with Crippen LogP contribution in [-0.4, -0.2) is 27.8 Å². The first kappa shape index (κ1) is 27.8. The first-order valence-corrected chi connectivity index (χ1v) is 12.6. The van der Waals surface area contributed by atoms with Crippen LogP contribution in [0.25, 0.3) is 0 Å². The molecule has 40 heavy (non-hydrogen) atoms. The quantitative estimate of drug-likeness (QED) is 0.188. The van der Waals surface area contributed by atoms with Crippen molar-refractivity contribution in [3.05, 3.63) is 91.5 Å². The van der Waals surface area contributed by atoms with E-state index in [0.717, 1.165) is 36.3 Å². The van der Waals surface area contributed by atoms with Crippen molar-refractivity contribution in [3.8, 4) is 6.07 Å². The number of rotatable bonds is 7. The minimum Gasteiger partial charge on any atom is -0.366 e. The molecule has 1 N–H and O–H groups in total. The van der Waals surface area contributed by atoms with Crippen LogP contribution in [0.2, 0.25) is 0 Å². The fourth-order valence-electron chi connectivity index (χ4n) is 5.23. The molecule has 12 nitrogen and oxygen atoms in total. The van der Waals surface area contributed by atoms with Crippen LogP contribution in [0, 0.1) is 31.6 Å². The van der Waals surface area contributed by atoms with Gasteiger partial charge in [-0.3, -0.25) is 25.0 Å². The van der Waals surface area contributed by atoms with Gasteiger partial charge >= 0.3 is 5.69 Å². The number of nitrogens with one attached hydrogen (secondary N) is 1. The van der Waals surface area contributed by atoms with E-state index >= 15 is 0 Å². The standard InChI is InChI=1S/C28H27N7O5/c1-5-33-24-14-22(30-27(36)18-9-7-6-8-10-18)23(13-21(24)17(2)15-28(33,3)4)31-32-26-19(16-29)11-20(34(37)38)12-25(26)35(39)40/h6-14,17H,5,15H2,1-4H3,(H,30,36). The maximum atomic E-state index is 13.1. The van der Waals surface area contributed by atoms with Crippen molar-refractivity contribution in [2.24, 2.45) is 10.2 Å². The molecule has 0 radical (unpaired) electrons. The number of amides is 1. The summed E-state index contributed by atoms with van der Waals surface area (Å²) in [5.74, 6) is -0.258. The largest absolute Gasteiger partial charge is 0.366 e. The number of anilines is 2. The van der Waals surface area contributed by atoms with E-state index < -0.39 is 26.9 Å². The number of hydrogen-bond donors (Lipinski definition) is 1. The second-order valence-corrected chi connectivity index (χ2v) is 10.1. The van der Waals surface area contributed by atoms with Crippen LogP contribution in [0.3, 0.4) is 0 Å². The van der Waals surface area contributed by atoms with Crippen molar-refractivity contribution in [1.82, 2.24) is 0 Å². The Bertz CT molecular complexity index is 1580. The molecular weight excluding hydrogens is 514 g/mol. The van der Waals surface area contributed by atoms with Gasteiger partial charge in [0.05, 0.1) is 27.2 Å². The minimum atomic E-state index is -0.851. The van der Waals surface area contributed by atoms with Gasteiger partial charge in [-0.2, -0.15) is 5.26 Å². The Kier molecular flexibility index (Phi) is 7.59. The van der Waals surface area contributed by atoms with Crippen molar-refractivity contribution >= 4 is 40.0 Å². The Hall–Kier alpha value is -5.18. The number of carbonyl (C=O) groups excluding carboxylic acids is 1. The average Bonchev–Trinajstić information content (AvgIpc) is 2.91. The third kappa shape index (κ3) is 5.35. The molecular formula is C28H27N7O5. The van der Waals surface area contributed by atoms with Gasteiger partial charge in [-0.05, 0) is 62.9 Å². The van der Waals surface area contributed by atoms with Gasteiger partial charge in [0.2, 0.25) is 0 Å². The summed E-state index contributed by atoms with van der Waals surface area (Å²) in [5.41, 5.74) is 0.584. The fourth-order valence-corrected chi connectivity index (χ4v) is 5.23. The second-order valence-electron chi connectivity index (χ2n) is 10.1. The first-order valence-electron chi connectivity index (χ1n) is 12.6. The Labute approximate surface area is 230 Å². The molecule has 0 saturated carbocycles. The van der Waals surface area contributed by atoms with Gasteiger partial charge in [-0.25, -0.2) is 0 Å². The number of hydrogen-bond acceptors (Lipinski definition) is 9. The number of nitro benzene ring substituents is 2. The fraction of sp³-hybridized carbons (Fsp3) is 0.286. The van der Waals surface area contributed by atoms with Crippen LogP contribution >= 0.6 is 0 Å². The Morgan fingerprint density at radius 2 is 1.82 bits per heavy atom. The highest BCUT2D eigenvalue weighted by Gasteiger charge is 2.36. The van der Waals surface area contributed by atoms with E-state index in [1.165, 1.54) is 0 Å². The summed E-state index contributed by atoms with van der Waals surface area (Å²) >= 11 is 0. The van der Waals surface area contributed by atoms with E-state index in [1.807, 2.05) is 6.07 Å². The van der Waals surface area contributed by atoms with Gasteiger partial charge in [0.15, 0.2) is 5.69 Å². The second kappa shape index (κ2) is 10.9. The molecule has 1 aliphatic rings. The summed E-state index contributed by atoms with van der Waals surface area (Å²) in [6.07, 6.45) is 0.854. The molecule has 0 spiro atoms. The van der Waals surface area contributed by atoms with Crippen LogP contribution in [-0.2, 0) is 0 Å². The molecule has 1 amide bonds. The van der Waals surface area contributed by atoms with Crippen LogP contribution in [0.1, 0.15) is 61.5 Å². The number of nitro groups is 2. The van der Waals surface area contributed by atoms with Crippen LogP contribution in [0.15, 0.2) is 64.8 Å². The van der Waals surface area contributed by atoms with E-state index in [0.29, 0.717) is 11.3 Å². The topological polar surface area (TPSA) is 167 Å². The SMILES string of the molecule is CCN1c2cc(NC(=O)c3ccccc3)c(N=Nc3c(C#N)cc([N+](=O)[O-])cc3[N+](=O)[O-])cc2C(C)CC1(C)C. The monoisotopic (exact) mass is 541 g/mol. The van der Waals surface area contributed by atoms with Crippen molar-refractivity contribution in [2.75, 3.05) is 16.8 Å². The third-order valence-electron chi connectivity index (χ3n) is 6.96. The molecule has 1 unspecified atom stereocenters. The lowest BCUT2D eigenvalue weighted by atomic mass is 9.79. The van der Waals surface area contributed by atoms with Gasteiger partial charge in [0.25, 0.3) is 11.6 Å². The van der Waals surface area contributed by atoms with Crippen LogP contribution < -0.4 is 10.2 Å². The number of azo groups is 1. The summed E-state index contributed by atoms with van der Waals surface area (Å²) < 4.78 is 0. The molecule has 3 aromatic carbocycles. The predicted molar refractivity (Wildman–Crippen MR) is 150 cm³/mol. The van der Waals surface area contributed by atoms with Gasteiger partial charge < -0.3 is 10.2 Å². The lowest BCUT2D eigenvalue weighted by Crippen LogP contribution is -2.48. The Morgan fingerprint density at radius 3 is 2.42 bits per heavy atom. The first-order chi connectivity index (χ1) is 19.0. The van der Waals surface area contributed by atoms with Gasteiger partial charge in [0, 0.05) is 29.4 Å². The molecule has 0 aliphatic carbocycles. The normalized spacial score (nSPS) is 15.8. The van der Waals surface area contributed by atoms with E-state index in [4.69, 9.17) is 0 Å². The summed E-state index contributed by atoms with van der Waals surface area (Å²) in [6, 6.07) is 15.6. The van der Waals surface area contributed by atoms with Gasteiger partial charge in [0.1, 0.15) is 11.8 Å². The van der Waals surface area contributed by atoms with E-state index in [9.17, 15) is 30.3 Å². The van der Waals surface area contributed by atoms with Crippen molar-refractivity contribution in [3.63, 3.8) is 0 Å². The maximum Gasteiger partial charge on any atom is 0.304 e. The molecule has 0 fully saturated rings. The number of nitrogens with zero attached hydrogens (tertiary/aromatic N) is 6. The number of non-ortho nitro benzene ring substituents is 1. The molecule has 0 bridgehead atoms. The zero-order valence-corrected chi connectivity index (χ0v) is 22.4. The number of carbonyl (C=O) groups is 1. The smallest absolute Gasteiger partial charge is 0.304 e. The molecule has 1 atom stereocenters. The van der Waals surface area contributed by atoms with Crippen molar-refractivity contribution in [2.45, 2.75) is 45.6 Å². The van der Waals surface area contributed by atoms with E-state index in [2.05, 4.69) is 48.1 Å². The molecule has 204 valence electrons. The highest BCUT2D eigenvalue weighted by molar-refractivity contribution is 6.06. The third-order valence-corrected chi connectivity index (χ3v) is 6.96. The number of benzene rings is 3. The Morgan fingerprint density at radius 1 is 1.12 bits per heavy atom. The molecule has 0 saturated heterocycles. The summed E-state index contributed by atoms with van der Waals surface area (Å²) in [4.78, 5) is 36.6. The Balaban J connectivity index is 1.89. The predicted octanol–water partition coefficient (Wildman–Crippen LogP) is 7.15. The summed E-state index contributed by atoms with van der Waals surface area (Å²) in [6.45, 7) is 9.17. The average molecular weight is 542 g/mol. The van der Waals surface area contributed by atoms with Crippen molar-refractivity contribution in [1.29, 1.82) is 5.26 Å². The minimum absolute atomic E-state index is 0.129. The van der Waals surface area contributed by atoms with E-state index in [1.54, 1.807) is 42.5 Å². The molecule has 12 heteroatoms. The number of fused-ring (bicyclic) bond motifs is 1. The van der Waals surface area contributed by atoms with Gasteiger partial charge in [-0.1, -0.05) is 25.1 Å². The van der Waals surface area contributed by atoms with Crippen LogP contribution in [0.5, 0.6) is 0 Å². The summed E-state index contributed by atoms with van der Waals surface area (Å²) in [7, 11) is 0. The zero-order chi connectivity index (χ0) is 29.2. The molecule has 1 aliphatic heterocycles. The van der Waals surface area contributed by atoms with Gasteiger partial charge in [-0.15, -0.1) is 10.2 Å². The lowest BCUT2D eigenvalue weighted by Gasteiger charge is -2.47.